The Kier molecular flexibility index (Phi) is 8.49. The Bertz CT molecular complexity index is 1320. The molecule has 4 fully saturated rings. The van der Waals surface area contributed by atoms with Crippen LogP contribution >= 0.6 is 0 Å². The average molecular weight is 618 g/mol. The quantitative estimate of drug-likeness (QED) is 0.324. The van der Waals surface area contributed by atoms with Gasteiger partial charge in [-0.15, -0.1) is 0 Å². The molecule has 9 atom stereocenters. The molecule has 2 N–H and O–H groups in total. The molecule has 5 aliphatic rings. The van der Waals surface area contributed by atoms with Gasteiger partial charge in [0.15, 0.2) is 0 Å². The zero-order valence-corrected chi connectivity index (χ0v) is 29.1. The second-order valence-electron chi connectivity index (χ2n) is 16.7. The summed E-state index contributed by atoms with van der Waals surface area (Å²) in [6.07, 6.45) is 14.8. The summed E-state index contributed by atoms with van der Waals surface area (Å²) in [4.78, 5) is 29.3. The van der Waals surface area contributed by atoms with Crippen molar-refractivity contribution in [2.75, 3.05) is 33.7 Å². The van der Waals surface area contributed by atoms with Gasteiger partial charge in [0.25, 0.3) is 0 Å². The molecule has 8 unspecified atom stereocenters. The molecule has 0 heterocycles. The number of carbonyl (C=O) groups is 2. The van der Waals surface area contributed by atoms with Crippen molar-refractivity contribution < 1.29 is 14.7 Å². The Morgan fingerprint density at radius 2 is 1.62 bits per heavy atom. The number of fused-ring (bicyclic) bond motifs is 7. The van der Waals surface area contributed by atoms with Crippen molar-refractivity contribution in [2.24, 2.45) is 45.8 Å². The second kappa shape index (κ2) is 11.7. The number of rotatable bonds is 7. The lowest BCUT2D eigenvalue weighted by molar-refractivity contribution is -0.210. The van der Waals surface area contributed by atoms with Crippen LogP contribution in [0.4, 0.5) is 4.79 Å². The van der Waals surface area contributed by atoms with Crippen molar-refractivity contribution in [1.82, 2.24) is 15.1 Å². The van der Waals surface area contributed by atoms with Crippen molar-refractivity contribution in [1.29, 1.82) is 0 Å². The van der Waals surface area contributed by atoms with Crippen LogP contribution in [0.3, 0.4) is 0 Å². The van der Waals surface area contributed by atoms with Gasteiger partial charge in [-0.2, -0.15) is 0 Å². The number of nitrogens with one attached hydrogen (secondary N) is 1. The van der Waals surface area contributed by atoms with Gasteiger partial charge in [-0.3, -0.25) is 0 Å². The van der Waals surface area contributed by atoms with Crippen LogP contribution in [0.25, 0.3) is 5.57 Å². The molecule has 1 aromatic rings. The monoisotopic (exact) mass is 617 g/mol. The molecule has 0 aliphatic heterocycles. The maximum absolute atomic E-state index is 13.7. The van der Waals surface area contributed by atoms with Crippen molar-refractivity contribution in [3.63, 3.8) is 0 Å². The molecule has 5 aliphatic carbocycles. The molecule has 6 nitrogen and oxygen atoms in total. The first-order valence-corrected chi connectivity index (χ1v) is 18.1. The van der Waals surface area contributed by atoms with E-state index in [9.17, 15) is 14.7 Å². The van der Waals surface area contributed by atoms with Gasteiger partial charge in [-0.05, 0) is 148 Å². The number of hydrogen-bond donors (Lipinski definition) is 2. The molecule has 0 spiro atoms. The number of nitrogens with zero attached hydrogens (tertiary/aromatic N) is 2. The van der Waals surface area contributed by atoms with Gasteiger partial charge in [-0.25, -0.2) is 9.59 Å². The first-order chi connectivity index (χ1) is 21.3. The van der Waals surface area contributed by atoms with Crippen molar-refractivity contribution in [3.8, 4) is 0 Å². The normalized spacial score (nSPS) is 40.4. The van der Waals surface area contributed by atoms with Crippen molar-refractivity contribution in [3.05, 3.63) is 41.5 Å². The third kappa shape index (κ3) is 5.07. The summed E-state index contributed by atoms with van der Waals surface area (Å²) >= 11 is 0. The highest BCUT2D eigenvalue weighted by atomic mass is 16.4. The Morgan fingerprint density at radius 3 is 2.29 bits per heavy atom. The van der Waals surface area contributed by atoms with E-state index in [-0.39, 0.29) is 17.0 Å². The minimum atomic E-state index is -0.863. The van der Waals surface area contributed by atoms with Crippen LogP contribution in [0.1, 0.15) is 115 Å². The van der Waals surface area contributed by atoms with Gasteiger partial charge in [0, 0.05) is 25.2 Å². The minimum Gasteiger partial charge on any atom is -0.478 e. The molecule has 6 heteroatoms. The van der Waals surface area contributed by atoms with E-state index >= 15 is 0 Å². The van der Waals surface area contributed by atoms with Crippen LogP contribution < -0.4 is 5.32 Å². The molecule has 6 rings (SSSR count). The van der Waals surface area contributed by atoms with E-state index < -0.39 is 5.97 Å². The smallest absolute Gasteiger partial charge is 0.335 e. The van der Waals surface area contributed by atoms with E-state index in [1.165, 1.54) is 56.1 Å². The highest BCUT2D eigenvalue weighted by Crippen LogP contribution is 2.75. The molecule has 4 saturated carbocycles. The summed E-state index contributed by atoms with van der Waals surface area (Å²) in [6, 6.07) is 7.71. The van der Waals surface area contributed by atoms with Gasteiger partial charge in [0.05, 0.1) is 5.56 Å². The van der Waals surface area contributed by atoms with Crippen LogP contribution in [0.15, 0.2) is 30.3 Å². The molecule has 0 radical (unpaired) electrons. The lowest BCUT2D eigenvalue weighted by Crippen LogP contribution is -2.67. The minimum absolute atomic E-state index is 0.0374. The summed E-state index contributed by atoms with van der Waals surface area (Å²) in [6.45, 7) is 14.9. The molecule has 0 aromatic heterocycles. The fourth-order valence-corrected chi connectivity index (χ4v) is 12.2. The summed E-state index contributed by atoms with van der Waals surface area (Å²) < 4.78 is 0. The lowest BCUT2D eigenvalue weighted by atomic mass is 9.34. The number of urea groups is 1. The third-order valence-electron chi connectivity index (χ3n) is 14.9. The number of likely N-dealkylation sites (N-methyl/N-ethyl adjacent to an activating group) is 2. The molecule has 1 aromatic carbocycles. The topological polar surface area (TPSA) is 72.9 Å². The van der Waals surface area contributed by atoms with Gasteiger partial charge < -0.3 is 20.2 Å². The van der Waals surface area contributed by atoms with Crippen LogP contribution in [0.2, 0.25) is 0 Å². The average Bonchev–Trinajstić information content (AvgIpc) is 3.41. The predicted octanol–water partition coefficient (Wildman–Crippen LogP) is 8.19. The molecule has 45 heavy (non-hydrogen) atoms. The van der Waals surface area contributed by atoms with Crippen LogP contribution in [0.5, 0.6) is 0 Å². The maximum Gasteiger partial charge on any atom is 0.335 e. The van der Waals surface area contributed by atoms with E-state index in [0.717, 1.165) is 38.9 Å². The van der Waals surface area contributed by atoms with E-state index in [0.29, 0.717) is 46.0 Å². The summed E-state index contributed by atoms with van der Waals surface area (Å²) in [5.74, 6) is 2.20. The fourth-order valence-electron chi connectivity index (χ4n) is 12.2. The maximum atomic E-state index is 13.7. The molecular formula is C39H59N3O3. The Morgan fingerprint density at radius 1 is 0.889 bits per heavy atom. The second-order valence-corrected chi connectivity index (χ2v) is 16.7. The number of amides is 2. The first-order valence-electron chi connectivity index (χ1n) is 18.1. The molecule has 0 saturated heterocycles. The van der Waals surface area contributed by atoms with Crippen molar-refractivity contribution in [2.45, 2.75) is 104 Å². The Balaban J connectivity index is 1.24. The summed E-state index contributed by atoms with van der Waals surface area (Å²) in [7, 11) is 4.16. The van der Waals surface area contributed by atoms with Gasteiger partial charge in [0.1, 0.15) is 0 Å². The molecule has 248 valence electrons. The number of benzene rings is 1. The van der Waals surface area contributed by atoms with E-state index in [1.807, 2.05) is 17.0 Å². The highest BCUT2D eigenvalue weighted by Gasteiger charge is 2.68. The number of carbonyl (C=O) groups excluding carboxylic acids is 1. The number of carboxylic acids is 1. The molecular weight excluding hydrogens is 558 g/mol. The number of allylic oxidation sites excluding steroid dienone is 2. The SMILES string of the molecule is CCN(CCN(C)C)C(=O)NC12CCCC1C1CCC3C4(C)CC=C(c5ccc(C(=O)O)cc5)C(C)C4CCC3(C)[C@]1(C)CC2. The van der Waals surface area contributed by atoms with Gasteiger partial charge in [0.2, 0.25) is 0 Å². The molecule has 0 bridgehead atoms. The largest absolute Gasteiger partial charge is 0.478 e. The molecule has 2 amide bonds. The zero-order valence-electron chi connectivity index (χ0n) is 29.1. The van der Waals surface area contributed by atoms with Gasteiger partial charge >= 0.3 is 12.0 Å². The fraction of sp³-hybridized carbons (Fsp3) is 0.744. The van der Waals surface area contributed by atoms with Crippen LogP contribution in [0, 0.1) is 45.8 Å². The zero-order chi connectivity index (χ0) is 32.4. The number of carboxylic acid groups (broad SMARTS) is 1. The van der Waals surface area contributed by atoms with Crippen LogP contribution in [-0.4, -0.2) is 66.2 Å². The summed E-state index contributed by atoms with van der Waals surface area (Å²) in [5.41, 5.74) is 3.79. The standard InChI is InChI=1S/C39H59N3O3/c1-8-42(25-24-41(6)7)35(45)40-39-19-9-10-32(39)31-15-16-33-36(3)20-17-29(27-11-13-28(14-12-27)34(43)44)26(2)30(36)18-21-38(33,5)37(31,4)22-23-39/h11-14,17,26,30-33H,8-10,15-16,18-25H2,1-7H3,(H,40,45)(H,43,44)/t26?,30?,31?,32?,33?,36?,37-,38?,39?/m1/s1. The van der Waals surface area contributed by atoms with Gasteiger partial charge in [-0.1, -0.05) is 52.3 Å². The first kappa shape index (κ1) is 32.6. The summed E-state index contributed by atoms with van der Waals surface area (Å²) in [5, 5.41) is 13.1. The van der Waals surface area contributed by atoms with E-state index in [1.54, 1.807) is 12.1 Å². The van der Waals surface area contributed by atoms with E-state index in [4.69, 9.17) is 0 Å². The number of aromatic carboxylic acids is 1. The van der Waals surface area contributed by atoms with E-state index in [2.05, 4.69) is 65.0 Å². The predicted molar refractivity (Wildman–Crippen MR) is 182 cm³/mol. The van der Waals surface area contributed by atoms with Crippen LogP contribution in [-0.2, 0) is 0 Å². The Labute approximate surface area is 272 Å². The third-order valence-corrected chi connectivity index (χ3v) is 14.9. The highest BCUT2D eigenvalue weighted by molar-refractivity contribution is 5.88. The Hall–Kier alpha value is -2.34. The van der Waals surface area contributed by atoms with Crippen molar-refractivity contribution >= 4 is 17.6 Å². The lowest BCUT2D eigenvalue weighted by Gasteiger charge is -2.71. The number of hydrogen-bond acceptors (Lipinski definition) is 3.